The second-order valence-electron chi connectivity index (χ2n) is 8.39. The molecule has 4 rings (SSSR count). The fourth-order valence-corrected chi connectivity index (χ4v) is 4.43. The van der Waals surface area contributed by atoms with Gasteiger partial charge in [-0.2, -0.15) is 0 Å². The van der Waals surface area contributed by atoms with E-state index in [0.717, 1.165) is 32.5 Å². The number of anilines is 2. The summed E-state index contributed by atoms with van der Waals surface area (Å²) in [6.07, 6.45) is 1.63. The summed E-state index contributed by atoms with van der Waals surface area (Å²) in [5, 5.41) is 5.94. The zero-order valence-corrected chi connectivity index (χ0v) is 21.2. The van der Waals surface area contributed by atoms with E-state index in [9.17, 15) is 9.59 Å². The molecule has 3 aromatic rings. The Labute approximate surface area is 213 Å². The van der Waals surface area contributed by atoms with Gasteiger partial charge in [0.2, 0.25) is 5.91 Å². The number of halogens is 1. The second-order valence-corrected chi connectivity index (χ2v) is 9.64. The monoisotopic (exact) mass is 569 g/mol. The van der Waals surface area contributed by atoms with Gasteiger partial charge in [0.1, 0.15) is 5.75 Å². The van der Waals surface area contributed by atoms with Crippen LogP contribution in [0.15, 0.2) is 72.8 Å². The van der Waals surface area contributed by atoms with Crippen LogP contribution in [0.5, 0.6) is 5.75 Å². The Bertz CT molecular complexity index is 1120. The summed E-state index contributed by atoms with van der Waals surface area (Å²) in [7, 11) is 1.58. The molecule has 176 valence electrons. The van der Waals surface area contributed by atoms with Crippen molar-refractivity contribution >= 4 is 45.8 Å². The van der Waals surface area contributed by atoms with Gasteiger partial charge >= 0.3 is 0 Å². The Morgan fingerprint density at radius 2 is 1.53 bits per heavy atom. The Morgan fingerprint density at radius 3 is 2.15 bits per heavy atom. The molecule has 7 heteroatoms. The molecule has 1 aliphatic heterocycles. The standard InChI is InChI=1S/C27H28IN3O3/c1-34-23-12-8-20(9-13-23)26(32)29-24-4-2-3-5-25(24)30-27(33)21-14-16-31(17-15-21)18-19-6-10-22(28)11-7-19/h2-13,21H,14-18H2,1H3,(H,29,32)(H,30,33). The molecular formula is C27H28IN3O3. The molecule has 0 atom stereocenters. The van der Waals surface area contributed by atoms with E-state index in [0.29, 0.717) is 22.7 Å². The first-order valence-electron chi connectivity index (χ1n) is 11.3. The second kappa shape index (κ2) is 11.5. The quantitative estimate of drug-likeness (QED) is 0.374. The van der Waals surface area contributed by atoms with Gasteiger partial charge in [-0.1, -0.05) is 24.3 Å². The number of carbonyl (C=O) groups is 2. The average molecular weight is 569 g/mol. The van der Waals surface area contributed by atoms with Gasteiger partial charge in [0.15, 0.2) is 0 Å². The largest absolute Gasteiger partial charge is 0.497 e. The number of methoxy groups -OCH3 is 1. The maximum absolute atomic E-state index is 13.0. The lowest BCUT2D eigenvalue weighted by Gasteiger charge is -2.31. The Kier molecular flexibility index (Phi) is 8.18. The predicted octanol–water partition coefficient (Wildman–Crippen LogP) is 5.40. The molecule has 34 heavy (non-hydrogen) atoms. The van der Waals surface area contributed by atoms with Gasteiger partial charge in [0, 0.05) is 21.6 Å². The smallest absolute Gasteiger partial charge is 0.255 e. The molecule has 0 saturated carbocycles. The zero-order valence-electron chi connectivity index (χ0n) is 19.1. The topological polar surface area (TPSA) is 70.7 Å². The summed E-state index contributed by atoms with van der Waals surface area (Å²) < 4.78 is 6.38. The van der Waals surface area contributed by atoms with Crippen molar-refractivity contribution in [1.29, 1.82) is 0 Å². The summed E-state index contributed by atoms with van der Waals surface area (Å²) in [6.45, 7) is 2.69. The van der Waals surface area contributed by atoms with Gasteiger partial charge in [-0.25, -0.2) is 0 Å². The van der Waals surface area contributed by atoms with Crippen LogP contribution in [-0.2, 0) is 11.3 Å². The molecule has 0 bridgehead atoms. The van der Waals surface area contributed by atoms with Crippen LogP contribution >= 0.6 is 22.6 Å². The minimum absolute atomic E-state index is 0.0000567. The van der Waals surface area contributed by atoms with Crippen molar-refractivity contribution in [2.45, 2.75) is 19.4 Å². The number of hydrogen-bond donors (Lipinski definition) is 2. The van der Waals surface area contributed by atoms with E-state index in [2.05, 4.69) is 62.4 Å². The van der Waals surface area contributed by atoms with Crippen LogP contribution in [0, 0.1) is 9.49 Å². The third-order valence-corrected chi connectivity index (χ3v) is 6.78. The van der Waals surface area contributed by atoms with Crippen LogP contribution < -0.4 is 15.4 Å². The lowest BCUT2D eigenvalue weighted by molar-refractivity contribution is -0.121. The van der Waals surface area contributed by atoms with Gasteiger partial charge in [-0.15, -0.1) is 0 Å². The summed E-state index contributed by atoms with van der Waals surface area (Å²) in [4.78, 5) is 28.1. The molecule has 2 N–H and O–H groups in total. The maximum atomic E-state index is 13.0. The molecule has 3 aromatic carbocycles. The molecule has 6 nitrogen and oxygen atoms in total. The molecule has 0 spiro atoms. The third kappa shape index (κ3) is 6.36. The molecule has 0 radical (unpaired) electrons. The van der Waals surface area contributed by atoms with Crippen LogP contribution in [0.2, 0.25) is 0 Å². The zero-order chi connectivity index (χ0) is 23.9. The first-order valence-corrected chi connectivity index (χ1v) is 12.4. The highest BCUT2D eigenvalue weighted by Gasteiger charge is 2.25. The van der Waals surface area contributed by atoms with Crippen molar-refractivity contribution in [2.75, 3.05) is 30.8 Å². The lowest BCUT2D eigenvalue weighted by atomic mass is 9.95. The van der Waals surface area contributed by atoms with Gasteiger partial charge in [0.25, 0.3) is 5.91 Å². The molecule has 0 aliphatic carbocycles. The molecule has 2 amide bonds. The summed E-state index contributed by atoms with van der Waals surface area (Å²) in [5.41, 5.74) is 3.00. The molecule has 1 fully saturated rings. The summed E-state index contributed by atoms with van der Waals surface area (Å²) >= 11 is 2.31. The van der Waals surface area contributed by atoms with Crippen molar-refractivity contribution in [1.82, 2.24) is 4.90 Å². The first-order chi connectivity index (χ1) is 16.5. The molecule has 0 unspecified atom stereocenters. The van der Waals surface area contributed by atoms with Crippen molar-refractivity contribution in [3.8, 4) is 5.75 Å². The predicted molar refractivity (Wildman–Crippen MR) is 143 cm³/mol. The van der Waals surface area contributed by atoms with Crippen molar-refractivity contribution < 1.29 is 14.3 Å². The minimum Gasteiger partial charge on any atom is -0.497 e. The third-order valence-electron chi connectivity index (χ3n) is 6.06. The SMILES string of the molecule is COc1ccc(C(=O)Nc2ccccc2NC(=O)C2CCN(Cc3ccc(I)cc3)CC2)cc1. The molecule has 0 aromatic heterocycles. The van der Waals surface area contributed by atoms with Gasteiger partial charge in [-0.05, 0) is 103 Å². The van der Waals surface area contributed by atoms with Crippen molar-refractivity contribution in [3.63, 3.8) is 0 Å². The molecule has 1 aliphatic rings. The number of amides is 2. The van der Waals surface area contributed by atoms with Crippen molar-refractivity contribution in [2.24, 2.45) is 5.92 Å². The van der Waals surface area contributed by atoms with Crippen LogP contribution in [0.1, 0.15) is 28.8 Å². The number of benzene rings is 3. The molecule has 1 heterocycles. The fourth-order valence-electron chi connectivity index (χ4n) is 4.07. The fraction of sp³-hybridized carbons (Fsp3) is 0.259. The number of nitrogens with zero attached hydrogens (tertiary/aromatic N) is 1. The van der Waals surface area contributed by atoms with Crippen LogP contribution in [0.3, 0.4) is 0 Å². The van der Waals surface area contributed by atoms with Crippen LogP contribution in [-0.4, -0.2) is 36.9 Å². The van der Waals surface area contributed by atoms with E-state index in [1.165, 1.54) is 9.13 Å². The Hall–Kier alpha value is -2.91. The number of para-hydroxylation sites is 2. The number of rotatable bonds is 7. The van der Waals surface area contributed by atoms with Crippen molar-refractivity contribution in [3.05, 3.63) is 87.5 Å². The Balaban J connectivity index is 1.32. The van der Waals surface area contributed by atoms with E-state index in [-0.39, 0.29) is 17.7 Å². The first kappa shape index (κ1) is 24.2. The summed E-state index contributed by atoms with van der Waals surface area (Å²) in [5.74, 6) is 0.403. The highest BCUT2D eigenvalue weighted by molar-refractivity contribution is 14.1. The van der Waals surface area contributed by atoms with E-state index >= 15 is 0 Å². The number of carbonyl (C=O) groups excluding carboxylic acids is 2. The molecule has 1 saturated heterocycles. The number of piperidine rings is 1. The number of likely N-dealkylation sites (tertiary alicyclic amines) is 1. The molecular weight excluding hydrogens is 541 g/mol. The minimum atomic E-state index is -0.242. The van der Waals surface area contributed by atoms with Crippen LogP contribution in [0.25, 0.3) is 0 Å². The summed E-state index contributed by atoms with van der Waals surface area (Å²) in [6, 6.07) is 22.8. The number of hydrogen-bond acceptors (Lipinski definition) is 4. The van der Waals surface area contributed by atoms with Crippen LogP contribution in [0.4, 0.5) is 11.4 Å². The van der Waals surface area contributed by atoms with Gasteiger partial charge in [0.05, 0.1) is 18.5 Å². The average Bonchev–Trinajstić information content (AvgIpc) is 2.87. The van der Waals surface area contributed by atoms with Gasteiger partial charge in [-0.3, -0.25) is 14.5 Å². The Morgan fingerprint density at radius 1 is 0.912 bits per heavy atom. The highest BCUT2D eigenvalue weighted by Crippen LogP contribution is 2.26. The van der Waals surface area contributed by atoms with E-state index in [1.54, 1.807) is 37.4 Å². The maximum Gasteiger partial charge on any atom is 0.255 e. The number of ether oxygens (including phenoxy) is 1. The highest BCUT2D eigenvalue weighted by atomic mass is 127. The normalized spacial score (nSPS) is 14.4. The van der Waals surface area contributed by atoms with E-state index < -0.39 is 0 Å². The van der Waals surface area contributed by atoms with E-state index in [4.69, 9.17) is 4.74 Å². The van der Waals surface area contributed by atoms with E-state index in [1.807, 2.05) is 18.2 Å². The lowest BCUT2D eigenvalue weighted by Crippen LogP contribution is -2.37. The number of nitrogens with one attached hydrogen (secondary N) is 2. The van der Waals surface area contributed by atoms with Gasteiger partial charge < -0.3 is 15.4 Å².